The molecular weight excluding hydrogens is 288 g/mol. The van der Waals surface area contributed by atoms with Gasteiger partial charge >= 0.3 is 61.4 Å². The minimum absolute atomic E-state index is 1.53. The molecule has 0 fully saturated rings. The third-order valence-corrected chi connectivity index (χ3v) is 2.91. The molecule has 0 atom stereocenters. The van der Waals surface area contributed by atoms with Gasteiger partial charge in [0.15, 0.2) is 0 Å². The normalized spacial score (nSPS) is 12.9. The van der Waals surface area contributed by atoms with E-state index in [-0.39, 0.29) is 0 Å². The van der Waals surface area contributed by atoms with Crippen LogP contribution in [0.2, 0.25) is 0 Å². The summed E-state index contributed by atoms with van der Waals surface area (Å²) in [5.74, 6) is 0. The quantitative estimate of drug-likeness (QED) is 0.746. The van der Waals surface area contributed by atoms with Gasteiger partial charge in [-0.3, -0.25) is 0 Å². The standard InChI is InChI=1S/CH2O3.3ClH.Sb.H/c2-1(3)4;;;;;/h(H2,2,3,4);3*1H;;/q;;;;+4;/p-4. The van der Waals surface area contributed by atoms with Crippen molar-refractivity contribution in [2.75, 3.05) is 0 Å². The predicted molar refractivity (Wildman–Crippen MR) is 33.8 cm³/mol. The molecule has 0 aliphatic rings. The van der Waals surface area contributed by atoms with Crippen LogP contribution in [-0.2, 0) is 3.02 Å². The summed E-state index contributed by atoms with van der Waals surface area (Å²) in [4.78, 5) is 9.59. The van der Waals surface area contributed by atoms with Crippen LogP contribution in [0.4, 0.5) is 4.79 Å². The second-order valence-electron chi connectivity index (χ2n) is 0.814. The van der Waals surface area contributed by atoms with E-state index in [0.717, 1.165) is 0 Å². The summed E-state index contributed by atoms with van der Waals surface area (Å²) in [6.45, 7) is 0. The van der Waals surface area contributed by atoms with Gasteiger partial charge in [-0.15, -0.1) is 0 Å². The Kier molecular flexibility index (Phi) is 3.59. The molecule has 0 aromatic rings. The molecule has 0 unspecified atom stereocenters. The van der Waals surface area contributed by atoms with Crippen molar-refractivity contribution in [1.29, 1.82) is 0 Å². The van der Waals surface area contributed by atoms with Crippen LogP contribution in [0, 0.1) is 0 Å². The maximum absolute atomic E-state index is 9.59. The van der Waals surface area contributed by atoms with Gasteiger partial charge in [-0.25, -0.2) is 0 Å². The molecule has 0 spiro atoms. The molecule has 50 valence electrons. The number of hydrogen-bond donors (Lipinski definition) is 1. The van der Waals surface area contributed by atoms with Gasteiger partial charge in [0, 0.05) is 0 Å². The zero-order chi connectivity index (χ0) is 6.78. The van der Waals surface area contributed by atoms with Crippen molar-refractivity contribution in [2.45, 2.75) is 0 Å². The Morgan fingerprint density at radius 2 is 1.88 bits per heavy atom. The molecule has 0 aromatic carbocycles. The monoisotopic (exact) mass is 288 g/mol. The molecule has 0 saturated carbocycles. The van der Waals surface area contributed by atoms with E-state index in [1.165, 1.54) is 0 Å². The Morgan fingerprint density at radius 1 is 1.50 bits per heavy atom. The summed E-state index contributed by atoms with van der Waals surface area (Å²) >= 11 is -4.04. The zero-order valence-corrected chi connectivity index (χ0v) is 8.52. The molecule has 0 rings (SSSR count). The van der Waals surface area contributed by atoms with Crippen molar-refractivity contribution >= 4 is 48.4 Å². The van der Waals surface area contributed by atoms with Gasteiger partial charge < -0.3 is 0 Å². The Labute approximate surface area is 61.1 Å². The SMILES string of the molecule is O=C(O)[O][SbH]([Cl])([Cl])[Cl]. The molecule has 8 heavy (non-hydrogen) atoms. The third-order valence-electron chi connectivity index (χ3n) is 0.203. The number of carbonyl (C=O) groups is 1. The molecule has 3 nitrogen and oxygen atoms in total. The number of carboxylic acid groups (broad SMARTS) is 1. The molecule has 0 aliphatic heterocycles. The van der Waals surface area contributed by atoms with Gasteiger partial charge in [0.2, 0.25) is 0 Å². The summed E-state index contributed by atoms with van der Waals surface area (Å²) in [5, 5.41) is 7.83. The topological polar surface area (TPSA) is 46.5 Å². The van der Waals surface area contributed by atoms with Gasteiger partial charge in [0.1, 0.15) is 0 Å². The van der Waals surface area contributed by atoms with Crippen molar-refractivity contribution in [1.82, 2.24) is 0 Å². The first kappa shape index (κ1) is 8.96. The first-order valence-corrected chi connectivity index (χ1v) is 13.4. The van der Waals surface area contributed by atoms with Gasteiger partial charge in [0.05, 0.1) is 0 Å². The molecule has 1 N–H and O–H groups in total. The molecular formula is CH2Cl3O3Sb. The fourth-order valence-corrected chi connectivity index (χ4v) is 1.99. The molecule has 0 bridgehead atoms. The Morgan fingerprint density at radius 3 is 1.88 bits per heavy atom. The Hall–Kier alpha value is 0.958. The van der Waals surface area contributed by atoms with Gasteiger partial charge in [-0.2, -0.15) is 0 Å². The predicted octanol–water partition coefficient (Wildman–Crippen LogP) is 1.57. The Bertz CT molecular complexity index is 97.2. The van der Waals surface area contributed by atoms with Crippen molar-refractivity contribution in [2.24, 2.45) is 0 Å². The molecule has 0 saturated heterocycles. The van der Waals surface area contributed by atoms with E-state index < -0.39 is 22.0 Å². The van der Waals surface area contributed by atoms with Crippen LogP contribution in [0.5, 0.6) is 0 Å². The summed E-state index contributed by atoms with van der Waals surface area (Å²) < 4.78 is 3.86. The number of halogens is 3. The van der Waals surface area contributed by atoms with Crippen LogP contribution in [0.25, 0.3) is 0 Å². The van der Waals surface area contributed by atoms with E-state index in [2.05, 4.69) is 3.02 Å². The molecule has 0 aromatic heterocycles. The van der Waals surface area contributed by atoms with Crippen LogP contribution in [-0.4, -0.2) is 27.1 Å². The van der Waals surface area contributed by atoms with Crippen LogP contribution < -0.4 is 0 Å². The fraction of sp³-hybridized carbons (Fsp3) is 0. The van der Waals surface area contributed by atoms with Crippen molar-refractivity contribution in [3.8, 4) is 0 Å². The molecule has 0 amide bonds. The molecule has 0 aliphatic carbocycles. The van der Waals surface area contributed by atoms with Crippen molar-refractivity contribution in [3.63, 3.8) is 0 Å². The van der Waals surface area contributed by atoms with Crippen LogP contribution in [0.3, 0.4) is 0 Å². The maximum atomic E-state index is 9.59. The number of hydrogen-bond acceptors (Lipinski definition) is 2. The second kappa shape index (κ2) is 3.21. The zero-order valence-electron chi connectivity index (χ0n) is 3.40. The summed E-state index contributed by atoms with van der Waals surface area (Å²) in [7, 11) is 15.2. The first-order chi connectivity index (χ1) is 3.42. The van der Waals surface area contributed by atoms with Gasteiger partial charge in [0.25, 0.3) is 0 Å². The van der Waals surface area contributed by atoms with Crippen molar-refractivity contribution < 1.29 is 12.9 Å². The summed E-state index contributed by atoms with van der Waals surface area (Å²) in [6.07, 6.45) is -1.53. The second-order valence-corrected chi connectivity index (χ2v) is 18.5. The first-order valence-electron chi connectivity index (χ1n) is 1.40. The average molecular weight is 290 g/mol. The van der Waals surface area contributed by atoms with E-state index in [1.807, 2.05) is 0 Å². The summed E-state index contributed by atoms with van der Waals surface area (Å²) in [6, 6.07) is 0. The van der Waals surface area contributed by atoms with E-state index in [0.29, 0.717) is 0 Å². The molecule has 0 radical (unpaired) electrons. The van der Waals surface area contributed by atoms with Gasteiger partial charge in [-0.05, 0) is 0 Å². The number of rotatable bonds is 1. The molecule has 0 heterocycles. The van der Waals surface area contributed by atoms with Crippen LogP contribution in [0.1, 0.15) is 0 Å². The summed E-state index contributed by atoms with van der Waals surface area (Å²) in [5.41, 5.74) is 0. The van der Waals surface area contributed by atoms with Crippen LogP contribution >= 0.6 is 26.5 Å². The van der Waals surface area contributed by atoms with E-state index in [9.17, 15) is 4.79 Å². The Balaban J connectivity index is 3.55. The third kappa shape index (κ3) is 6.96. The average Bonchev–Trinajstić information content (AvgIpc) is 1.21. The molecule has 7 heteroatoms. The van der Waals surface area contributed by atoms with E-state index in [4.69, 9.17) is 31.6 Å². The van der Waals surface area contributed by atoms with E-state index >= 15 is 0 Å². The fourth-order valence-electron chi connectivity index (χ4n) is 0.0990. The van der Waals surface area contributed by atoms with Crippen molar-refractivity contribution in [3.05, 3.63) is 0 Å². The van der Waals surface area contributed by atoms with Gasteiger partial charge in [-0.1, -0.05) is 0 Å². The van der Waals surface area contributed by atoms with E-state index in [1.54, 1.807) is 0 Å². The minimum atomic E-state index is -4.04. The van der Waals surface area contributed by atoms with Crippen LogP contribution in [0.15, 0.2) is 0 Å².